The van der Waals surface area contributed by atoms with E-state index >= 15 is 0 Å². The van der Waals surface area contributed by atoms with Crippen LogP contribution in [0.25, 0.3) is 0 Å². The molecule has 8 heteroatoms. The van der Waals surface area contributed by atoms with Crippen molar-refractivity contribution in [2.24, 2.45) is 10.9 Å². The number of aromatic nitrogens is 1. The summed E-state index contributed by atoms with van der Waals surface area (Å²) in [7, 11) is 1.79. The topological polar surface area (TPSA) is 74.9 Å². The van der Waals surface area contributed by atoms with Crippen LogP contribution in [0.2, 0.25) is 0 Å². The number of guanidine groups is 1. The van der Waals surface area contributed by atoms with Gasteiger partial charge >= 0.3 is 0 Å². The van der Waals surface area contributed by atoms with Gasteiger partial charge in [-0.2, -0.15) is 0 Å². The molecule has 0 spiro atoms. The lowest BCUT2D eigenvalue weighted by molar-refractivity contribution is 0.00272. The van der Waals surface area contributed by atoms with Crippen LogP contribution in [-0.4, -0.2) is 62.0 Å². The Labute approximate surface area is 168 Å². The lowest BCUT2D eigenvalue weighted by atomic mass is 9.92. The summed E-state index contributed by atoms with van der Waals surface area (Å²) in [6.45, 7) is 9.71. The molecule has 0 saturated carbocycles. The molecule has 1 aliphatic heterocycles. The van der Waals surface area contributed by atoms with Gasteiger partial charge in [0.2, 0.25) is 0 Å². The zero-order valence-corrected chi connectivity index (χ0v) is 17.9. The smallest absolute Gasteiger partial charge is 0.191 e. The Hall–Kier alpha value is -0.870. The quantitative estimate of drug-likeness (QED) is 0.348. The number of rotatable bonds is 8. The molecule has 2 N–H and O–H groups in total. The van der Waals surface area contributed by atoms with Gasteiger partial charge in [-0.3, -0.25) is 9.89 Å². The molecule has 0 radical (unpaired) electrons. The molecule has 1 aliphatic rings. The van der Waals surface area contributed by atoms with Crippen LogP contribution in [-0.2, 0) is 11.3 Å². The van der Waals surface area contributed by atoms with Crippen molar-refractivity contribution in [3.8, 4) is 0 Å². The van der Waals surface area contributed by atoms with Gasteiger partial charge in [0.25, 0.3) is 0 Å². The highest BCUT2D eigenvalue weighted by atomic mass is 127. The van der Waals surface area contributed by atoms with Crippen LogP contribution in [0.15, 0.2) is 21.8 Å². The van der Waals surface area contributed by atoms with Gasteiger partial charge in [0, 0.05) is 38.8 Å². The maximum atomic E-state index is 5.51. The molecular weight excluding hydrogens is 433 g/mol. The van der Waals surface area contributed by atoms with Crippen LogP contribution in [0.4, 0.5) is 0 Å². The first-order valence-electron chi connectivity index (χ1n) is 8.94. The second-order valence-corrected chi connectivity index (χ2v) is 6.09. The minimum atomic E-state index is 0. The second-order valence-electron chi connectivity index (χ2n) is 6.09. The van der Waals surface area contributed by atoms with Gasteiger partial charge in [-0.05, 0) is 5.92 Å². The van der Waals surface area contributed by atoms with E-state index in [4.69, 9.17) is 9.26 Å². The van der Waals surface area contributed by atoms with Gasteiger partial charge in [-0.25, -0.2) is 0 Å². The monoisotopic (exact) mass is 465 g/mol. The van der Waals surface area contributed by atoms with Gasteiger partial charge in [0.1, 0.15) is 12.0 Å². The molecule has 0 aromatic carbocycles. The summed E-state index contributed by atoms with van der Waals surface area (Å²) in [6.07, 6.45) is 3.95. The molecule has 1 atom stereocenters. The van der Waals surface area contributed by atoms with Crippen molar-refractivity contribution in [3.05, 3.63) is 18.0 Å². The Morgan fingerprint density at radius 3 is 2.56 bits per heavy atom. The molecule has 144 valence electrons. The molecule has 0 aliphatic carbocycles. The average Bonchev–Trinajstić information content (AvgIpc) is 3.15. The van der Waals surface area contributed by atoms with Gasteiger partial charge in [-0.15, -0.1) is 24.0 Å². The predicted octanol–water partition coefficient (Wildman–Crippen LogP) is 2.09. The van der Waals surface area contributed by atoms with E-state index in [2.05, 4.69) is 39.5 Å². The van der Waals surface area contributed by atoms with E-state index in [0.29, 0.717) is 18.5 Å². The van der Waals surface area contributed by atoms with Crippen molar-refractivity contribution in [1.82, 2.24) is 20.7 Å². The number of ether oxygens (including phenoxy) is 1. The van der Waals surface area contributed by atoms with E-state index < -0.39 is 0 Å². The van der Waals surface area contributed by atoms with Gasteiger partial charge in [-0.1, -0.05) is 31.8 Å². The number of hydrogen-bond acceptors (Lipinski definition) is 5. The zero-order valence-electron chi connectivity index (χ0n) is 15.5. The van der Waals surface area contributed by atoms with Crippen molar-refractivity contribution in [2.45, 2.75) is 39.3 Å². The molecule has 1 fully saturated rings. The summed E-state index contributed by atoms with van der Waals surface area (Å²) >= 11 is 0. The maximum absolute atomic E-state index is 5.51. The molecule has 1 unspecified atom stereocenters. The molecule has 2 heterocycles. The minimum absolute atomic E-state index is 0. The molecule has 0 amide bonds. The fourth-order valence-electron chi connectivity index (χ4n) is 3.26. The number of morpholine rings is 1. The molecular formula is C17H32IN5O2. The maximum Gasteiger partial charge on any atom is 0.191 e. The van der Waals surface area contributed by atoms with Crippen molar-refractivity contribution < 1.29 is 9.26 Å². The van der Waals surface area contributed by atoms with Gasteiger partial charge < -0.3 is 19.9 Å². The first-order valence-corrected chi connectivity index (χ1v) is 8.94. The molecule has 1 saturated heterocycles. The summed E-state index contributed by atoms with van der Waals surface area (Å²) < 4.78 is 10.4. The molecule has 1 aromatic heterocycles. The summed E-state index contributed by atoms with van der Waals surface area (Å²) in [5.41, 5.74) is 0.864. The second kappa shape index (κ2) is 12.5. The summed E-state index contributed by atoms with van der Waals surface area (Å²) in [5, 5.41) is 10.7. The molecule has 1 aromatic rings. The van der Waals surface area contributed by atoms with E-state index in [1.54, 1.807) is 13.3 Å². The van der Waals surface area contributed by atoms with E-state index in [0.717, 1.165) is 44.5 Å². The highest BCUT2D eigenvalue weighted by Crippen LogP contribution is 2.19. The minimum Gasteiger partial charge on any atom is -0.379 e. The zero-order chi connectivity index (χ0) is 17.2. The molecule has 25 heavy (non-hydrogen) atoms. The number of nitrogens with zero attached hydrogens (tertiary/aromatic N) is 3. The number of nitrogens with one attached hydrogen (secondary N) is 2. The standard InChI is InChI=1S/C17H31N5O2.HI/c1-4-14(5-2)16(22-7-10-23-11-8-22)13-20-17(18-3)19-12-15-6-9-24-21-15;/h6,9,14,16H,4-5,7-8,10-13H2,1-3H3,(H2,18,19,20);1H. The lowest BCUT2D eigenvalue weighted by Crippen LogP contribution is -2.53. The summed E-state index contributed by atoms with van der Waals surface area (Å²) in [4.78, 5) is 6.86. The van der Waals surface area contributed by atoms with E-state index in [9.17, 15) is 0 Å². The molecule has 7 nitrogen and oxygen atoms in total. The van der Waals surface area contributed by atoms with Crippen molar-refractivity contribution in [1.29, 1.82) is 0 Å². The van der Waals surface area contributed by atoms with Crippen LogP contribution in [0.3, 0.4) is 0 Å². The largest absolute Gasteiger partial charge is 0.379 e. The highest BCUT2D eigenvalue weighted by Gasteiger charge is 2.26. The van der Waals surface area contributed by atoms with Gasteiger partial charge in [0.15, 0.2) is 5.96 Å². The van der Waals surface area contributed by atoms with E-state index in [1.165, 1.54) is 12.8 Å². The van der Waals surface area contributed by atoms with Crippen LogP contribution in [0.1, 0.15) is 32.4 Å². The summed E-state index contributed by atoms with van der Waals surface area (Å²) in [5.74, 6) is 1.46. The first-order chi connectivity index (χ1) is 11.8. The lowest BCUT2D eigenvalue weighted by Gasteiger charge is -2.39. The Bertz CT molecular complexity index is 473. The highest BCUT2D eigenvalue weighted by molar-refractivity contribution is 14.0. The molecule has 0 bridgehead atoms. The Morgan fingerprint density at radius 1 is 1.28 bits per heavy atom. The third-order valence-electron chi connectivity index (χ3n) is 4.74. The average molecular weight is 465 g/mol. The SMILES string of the molecule is CCC(CC)C(CNC(=NC)NCc1ccon1)N1CCOCC1.I. The third-order valence-corrected chi connectivity index (χ3v) is 4.74. The predicted molar refractivity (Wildman–Crippen MR) is 110 cm³/mol. The first kappa shape index (κ1) is 22.2. The van der Waals surface area contributed by atoms with E-state index in [1.807, 2.05) is 6.07 Å². The fraction of sp³-hybridized carbons (Fsp3) is 0.765. The van der Waals surface area contributed by atoms with Crippen LogP contribution in [0, 0.1) is 5.92 Å². The Morgan fingerprint density at radius 2 is 2.00 bits per heavy atom. The number of hydrogen-bond donors (Lipinski definition) is 2. The van der Waals surface area contributed by atoms with Gasteiger partial charge in [0.05, 0.1) is 19.8 Å². The van der Waals surface area contributed by atoms with Crippen molar-refractivity contribution in [3.63, 3.8) is 0 Å². The van der Waals surface area contributed by atoms with Crippen LogP contribution in [0.5, 0.6) is 0 Å². The normalized spacial score (nSPS) is 17.2. The van der Waals surface area contributed by atoms with Crippen molar-refractivity contribution in [2.75, 3.05) is 39.9 Å². The van der Waals surface area contributed by atoms with Crippen LogP contribution >= 0.6 is 24.0 Å². The van der Waals surface area contributed by atoms with Crippen molar-refractivity contribution >= 4 is 29.9 Å². The molecule has 2 rings (SSSR count). The Kier molecular flexibility index (Phi) is 11.1. The Balaban J connectivity index is 0.00000312. The fourth-order valence-corrected chi connectivity index (χ4v) is 3.26. The van der Waals surface area contributed by atoms with E-state index in [-0.39, 0.29) is 24.0 Å². The number of aliphatic imine (C=N–C) groups is 1. The number of halogens is 1. The summed E-state index contributed by atoms with van der Waals surface area (Å²) in [6, 6.07) is 2.34. The van der Waals surface area contributed by atoms with Crippen LogP contribution < -0.4 is 10.6 Å². The third kappa shape index (κ3) is 7.10.